The normalized spacial score (nSPS) is 18.0. The molecule has 1 aliphatic rings. The maximum atomic E-state index is 12.6. The molecule has 0 saturated carbocycles. The smallest absolute Gasteiger partial charge is 0.253 e. The number of carbonyl (C=O) groups is 1. The van der Waals surface area contributed by atoms with Gasteiger partial charge in [-0.3, -0.25) is 4.79 Å². The molecular formula is C17H22N2OS. The summed E-state index contributed by atoms with van der Waals surface area (Å²) in [7, 11) is 0. The lowest BCUT2D eigenvalue weighted by atomic mass is 10.0. The molecule has 1 atom stereocenters. The lowest BCUT2D eigenvalue weighted by Crippen LogP contribution is -2.41. The Hall–Kier alpha value is -1.44. The Morgan fingerprint density at radius 1 is 1.52 bits per heavy atom. The van der Waals surface area contributed by atoms with E-state index < -0.39 is 0 Å². The Kier molecular flexibility index (Phi) is 5.72. The number of hydrogen-bond acceptors (Lipinski definition) is 3. The van der Waals surface area contributed by atoms with Crippen LogP contribution >= 0.6 is 11.8 Å². The van der Waals surface area contributed by atoms with Crippen LogP contribution in [0.4, 0.5) is 0 Å². The van der Waals surface area contributed by atoms with Crippen LogP contribution in [-0.2, 0) is 0 Å². The SMILES string of the molecule is CCC1CN(C(=O)c2ccc(C#CCN)c(C)c2)CCS1. The minimum Gasteiger partial charge on any atom is -0.337 e. The van der Waals surface area contributed by atoms with Crippen molar-refractivity contribution in [1.82, 2.24) is 4.90 Å². The van der Waals surface area contributed by atoms with Crippen molar-refractivity contribution in [1.29, 1.82) is 0 Å². The monoisotopic (exact) mass is 302 g/mol. The number of benzene rings is 1. The van der Waals surface area contributed by atoms with Crippen LogP contribution < -0.4 is 5.73 Å². The summed E-state index contributed by atoms with van der Waals surface area (Å²) in [5, 5.41) is 0.568. The van der Waals surface area contributed by atoms with Crippen LogP contribution in [0.25, 0.3) is 0 Å². The first-order chi connectivity index (χ1) is 10.2. The summed E-state index contributed by atoms with van der Waals surface area (Å²) in [6.45, 7) is 6.21. The van der Waals surface area contributed by atoms with Gasteiger partial charge in [-0.05, 0) is 37.1 Å². The molecule has 0 radical (unpaired) electrons. The van der Waals surface area contributed by atoms with E-state index in [1.807, 2.05) is 41.8 Å². The fourth-order valence-corrected chi connectivity index (χ4v) is 3.60. The standard InChI is InChI=1S/C17H22N2OS/c1-3-16-12-19(9-10-21-16)17(20)15-7-6-14(5-4-8-18)13(2)11-15/h6-7,11,16H,3,8-10,12,18H2,1-2H3. The predicted octanol–water partition coefficient (Wildman–Crippen LogP) is 2.27. The molecule has 112 valence electrons. The molecule has 0 spiro atoms. The van der Waals surface area contributed by atoms with Crippen molar-refractivity contribution >= 4 is 17.7 Å². The fourth-order valence-electron chi connectivity index (χ4n) is 2.42. The number of rotatable bonds is 2. The summed E-state index contributed by atoms with van der Waals surface area (Å²) in [6, 6.07) is 5.73. The third kappa shape index (κ3) is 4.03. The molecule has 0 bridgehead atoms. The van der Waals surface area contributed by atoms with E-state index in [1.165, 1.54) is 0 Å². The van der Waals surface area contributed by atoms with E-state index in [0.29, 0.717) is 11.8 Å². The minimum atomic E-state index is 0.134. The van der Waals surface area contributed by atoms with Crippen LogP contribution in [0.5, 0.6) is 0 Å². The van der Waals surface area contributed by atoms with Gasteiger partial charge in [0.05, 0.1) is 6.54 Å². The topological polar surface area (TPSA) is 46.3 Å². The van der Waals surface area contributed by atoms with E-state index in [-0.39, 0.29) is 5.91 Å². The molecule has 4 heteroatoms. The number of aryl methyl sites for hydroxylation is 1. The van der Waals surface area contributed by atoms with Gasteiger partial charge in [0.1, 0.15) is 0 Å². The van der Waals surface area contributed by atoms with Crippen molar-refractivity contribution in [2.45, 2.75) is 25.5 Å². The van der Waals surface area contributed by atoms with Gasteiger partial charge in [0.2, 0.25) is 0 Å². The summed E-state index contributed by atoms with van der Waals surface area (Å²) in [6.07, 6.45) is 1.11. The van der Waals surface area contributed by atoms with E-state index in [1.54, 1.807) is 0 Å². The Balaban J connectivity index is 2.14. The highest BCUT2D eigenvalue weighted by atomic mass is 32.2. The van der Waals surface area contributed by atoms with Gasteiger partial charge >= 0.3 is 0 Å². The number of nitrogens with zero attached hydrogens (tertiary/aromatic N) is 1. The number of carbonyl (C=O) groups excluding carboxylic acids is 1. The largest absolute Gasteiger partial charge is 0.337 e. The predicted molar refractivity (Wildman–Crippen MR) is 89.6 cm³/mol. The van der Waals surface area contributed by atoms with Crippen LogP contribution in [0.2, 0.25) is 0 Å². The quantitative estimate of drug-likeness (QED) is 0.853. The van der Waals surface area contributed by atoms with Crippen molar-refractivity contribution in [3.8, 4) is 11.8 Å². The van der Waals surface area contributed by atoms with Gasteiger partial charge in [-0.2, -0.15) is 11.8 Å². The van der Waals surface area contributed by atoms with E-state index in [2.05, 4.69) is 18.8 Å². The molecule has 1 aliphatic heterocycles. The van der Waals surface area contributed by atoms with Gasteiger partial charge in [-0.1, -0.05) is 18.8 Å². The van der Waals surface area contributed by atoms with E-state index >= 15 is 0 Å². The Bertz CT molecular complexity index is 574. The molecule has 1 unspecified atom stereocenters. The molecule has 21 heavy (non-hydrogen) atoms. The minimum absolute atomic E-state index is 0.134. The van der Waals surface area contributed by atoms with Crippen LogP contribution in [0, 0.1) is 18.8 Å². The molecule has 1 fully saturated rings. The molecule has 0 aromatic heterocycles. The molecule has 1 amide bonds. The van der Waals surface area contributed by atoms with Gasteiger partial charge in [-0.15, -0.1) is 0 Å². The van der Waals surface area contributed by atoms with E-state index in [4.69, 9.17) is 5.73 Å². The number of amides is 1. The summed E-state index contributed by atoms with van der Waals surface area (Å²) in [5.41, 5.74) is 8.12. The highest BCUT2D eigenvalue weighted by molar-refractivity contribution is 8.00. The zero-order valence-corrected chi connectivity index (χ0v) is 13.5. The molecule has 1 aromatic rings. The summed E-state index contributed by atoms with van der Waals surface area (Å²) < 4.78 is 0. The van der Waals surface area contributed by atoms with Gasteiger partial charge in [0.15, 0.2) is 0 Å². The Morgan fingerprint density at radius 3 is 3.00 bits per heavy atom. The molecule has 1 heterocycles. The molecule has 2 rings (SSSR count). The summed E-state index contributed by atoms with van der Waals surface area (Å²) in [5.74, 6) is 7.05. The number of hydrogen-bond donors (Lipinski definition) is 1. The Morgan fingerprint density at radius 2 is 2.33 bits per heavy atom. The van der Waals surface area contributed by atoms with Crippen LogP contribution in [-0.4, -0.2) is 41.4 Å². The lowest BCUT2D eigenvalue weighted by molar-refractivity contribution is 0.0761. The molecule has 1 aromatic carbocycles. The second-order valence-corrected chi connectivity index (χ2v) is 6.60. The van der Waals surface area contributed by atoms with Crippen molar-refractivity contribution in [3.05, 3.63) is 34.9 Å². The van der Waals surface area contributed by atoms with E-state index in [9.17, 15) is 4.79 Å². The van der Waals surface area contributed by atoms with Gasteiger partial charge < -0.3 is 10.6 Å². The first-order valence-electron chi connectivity index (χ1n) is 7.36. The highest BCUT2D eigenvalue weighted by Crippen LogP contribution is 2.23. The molecule has 1 saturated heterocycles. The maximum absolute atomic E-state index is 12.6. The summed E-state index contributed by atoms with van der Waals surface area (Å²) >= 11 is 1.97. The van der Waals surface area contributed by atoms with Crippen LogP contribution in [0.15, 0.2) is 18.2 Å². The molecule has 0 aliphatic carbocycles. The molecule has 2 N–H and O–H groups in total. The average Bonchev–Trinajstić information content (AvgIpc) is 2.53. The third-order valence-electron chi connectivity index (χ3n) is 3.68. The van der Waals surface area contributed by atoms with Crippen molar-refractivity contribution in [3.63, 3.8) is 0 Å². The lowest BCUT2D eigenvalue weighted by Gasteiger charge is -2.32. The van der Waals surface area contributed by atoms with Crippen LogP contribution in [0.1, 0.15) is 34.8 Å². The second kappa shape index (κ2) is 7.53. The first kappa shape index (κ1) is 15.9. The maximum Gasteiger partial charge on any atom is 0.253 e. The molecular weight excluding hydrogens is 280 g/mol. The van der Waals surface area contributed by atoms with Gasteiger partial charge in [0.25, 0.3) is 5.91 Å². The second-order valence-electron chi connectivity index (χ2n) is 5.19. The number of thioether (sulfide) groups is 1. The Labute approximate surface area is 131 Å². The summed E-state index contributed by atoms with van der Waals surface area (Å²) in [4.78, 5) is 14.6. The zero-order valence-electron chi connectivity index (χ0n) is 12.7. The number of nitrogens with two attached hydrogens (primary N) is 1. The van der Waals surface area contributed by atoms with Gasteiger partial charge in [-0.25, -0.2) is 0 Å². The van der Waals surface area contributed by atoms with Crippen molar-refractivity contribution in [2.75, 3.05) is 25.4 Å². The highest BCUT2D eigenvalue weighted by Gasteiger charge is 2.23. The van der Waals surface area contributed by atoms with E-state index in [0.717, 1.165) is 42.0 Å². The molecule has 3 nitrogen and oxygen atoms in total. The zero-order chi connectivity index (χ0) is 15.2. The van der Waals surface area contributed by atoms with Crippen LogP contribution in [0.3, 0.4) is 0 Å². The third-order valence-corrected chi connectivity index (χ3v) is 5.05. The van der Waals surface area contributed by atoms with Gasteiger partial charge in [0, 0.05) is 35.2 Å². The first-order valence-corrected chi connectivity index (χ1v) is 8.41. The average molecular weight is 302 g/mol. The van der Waals surface area contributed by atoms with Crippen molar-refractivity contribution < 1.29 is 4.79 Å². The van der Waals surface area contributed by atoms with Crippen molar-refractivity contribution in [2.24, 2.45) is 5.73 Å². The fraction of sp³-hybridized carbons (Fsp3) is 0.471.